The number of rotatable bonds is 5. The van der Waals surface area contributed by atoms with Gasteiger partial charge in [0.25, 0.3) is 5.91 Å². The van der Waals surface area contributed by atoms with Crippen molar-refractivity contribution < 1.29 is 22.4 Å². The van der Waals surface area contributed by atoms with Gasteiger partial charge in [-0.15, -0.1) is 5.10 Å². The maximum atomic E-state index is 13.1. The highest BCUT2D eigenvalue weighted by Crippen LogP contribution is 2.32. The summed E-state index contributed by atoms with van der Waals surface area (Å²) in [5.41, 5.74) is -0.0677. The Bertz CT molecular complexity index is 1250. The molecule has 0 radical (unpaired) electrons. The van der Waals surface area contributed by atoms with Crippen molar-refractivity contribution in [2.24, 2.45) is 10.2 Å². The fourth-order valence-corrected chi connectivity index (χ4v) is 3.20. The van der Waals surface area contributed by atoms with Crippen LogP contribution in [0.25, 0.3) is 0 Å². The molecule has 1 heterocycles. The fourth-order valence-electron chi connectivity index (χ4n) is 2.96. The lowest BCUT2D eigenvalue weighted by Gasteiger charge is -2.15. The molecule has 1 unspecified atom stereocenters. The number of amides is 1. The first kappa shape index (κ1) is 25.0. The van der Waals surface area contributed by atoms with Gasteiger partial charge in [-0.1, -0.05) is 23.7 Å². The van der Waals surface area contributed by atoms with Gasteiger partial charge in [0.1, 0.15) is 12.1 Å². The number of carbonyl (C=O) groups excluding carboxylic acids is 1. The third-order valence-corrected chi connectivity index (χ3v) is 4.93. The highest BCUT2D eigenvalue weighted by atomic mass is 35.5. The summed E-state index contributed by atoms with van der Waals surface area (Å²) in [5, 5.41) is 14.7. The summed E-state index contributed by atoms with van der Waals surface area (Å²) < 4.78 is 53.6. The molecule has 178 valence electrons. The smallest absolute Gasteiger partial charge is 0.342 e. The van der Waals surface area contributed by atoms with Crippen LogP contribution in [0.3, 0.4) is 0 Å². The van der Waals surface area contributed by atoms with Crippen LogP contribution < -0.4 is 5.32 Å². The summed E-state index contributed by atoms with van der Waals surface area (Å²) in [7, 11) is 0. The van der Waals surface area contributed by atoms with E-state index in [-0.39, 0.29) is 22.2 Å². The van der Waals surface area contributed by atoms with E-state index in [1.165, 1.54) is 23.1 Å². The van der Waals surface area contributed by atoms with Crippen molar-refractivity contribution in [1.29, 1.82) is 0 Å². The molecule has 0 saturated heterocycles. The zero-order chi connectivity index (χ0) is 25.0. The minimum Gasteiger partial charge on any atom is -0.342 e. The number of alkyl halides is 3. The number of nitrogens with one attached hydrogen (secondary N) is 1. The van der Waals surface area contributed by atoms with Gasteiger partial charge in [0.15, 0.2) is 11.7 Å². The summed E-state index contributed by atoms with van der Waals surface area (Å²) in [5.74, 6) is -0.541. The molecule has 1 amide bonds. The molecule has 2 aromatic carbocycles. The van der Waals surface area contributed by atoms with E-state index in [1.807, 2.05) is 0 Å². The van der Waals surface area contributed by atoms with Crippen LogP contribution in [-0.2, 0) is 6.18 Å². The number of benzene rings is 2. The Labute approximate surface area is 197 Å². The molecular formula is C22H19ClF4N6O. The molecule has 1 N–H and O–H groups in total. The topological polar surface area (TPSA) is 84.5 Å². The molecule has 3 aromatic rings. The molecule has 0 saturated carbocycles. The Balaban J connectivity index is 1.79. The quantitative estimate of drug-likeness (QED) is 0.227. The average molecular weight is 495 g/mol. The van der Waals surface area contributed by atoms with E-state index in [1.54, 1.807) is 32.9 Å². The molecule has 0 fully saturated rings. The van der Waals surface area contributed by atoms with E-state index < -0.39 is 23.7 Å². The second-order valence-electron chi connectivity index (χ2n) is 7.29. The zero-order valence-electron chi connectivity index (χ0n) is 18.2. The van der Waals surface area contributed by atoms with Gasteiger partial charge in [-0.05, 0) is 56.7 Å². The van der Waals surface area contributed by atoms with Crippen LogP contribution in [0.5, 0.6) is 0 Å². The predicted molar refractivity (Wildman–Crippen MR) is 119 cm³/mol. The molecule has 0 aliphatic carbocycles. The molecule has 7 nitrogen and oxygen atoms in total. The standard InChI is InChI=1S/C22H19ClF4N6O/c1-12(15-4-6-19(24)7-5-15)31-32-14(3)33-20(28-11-29-33)13(2)30-21(34)16-8-17(22(25,26)27)10-18(23)9-16/h4-11,13H,1-3H3,(H,30,34)/b31-12+,32-14+. The molecule has 0 spiro atoms. The molecule has 0 aliphatic heterocycles. The summed E-state index contributed by atoms with van der Waals surface area (Å²) in [6, 6.07) is 7.62. The summed E-state index contributed by atoms with van der Waals surface area (Å²) in [4.78, 5) is 16.7. The number of aromatic nitrogens is 3. The molecule has 3 rings (SSSR count). The van der Waals surface area contributed by atoms with E-state index in [9.17, 15) is 22.4 Å². The van der Waals surface area contributed by atoms with E-state index in [2.05, 4.69) is 25.6 Å². The van der Waals surface area contributed by atoms with E-state index >= 15 is 0 Å². The van der Waals surface area contributed by atoms with Crippen LogP contribution in [0, 0.1) is 5.82 Å². The van der Waals surface area contributed by atoms with Crippen molar-refractivity contribution in [3.05, 3.63) is 82.1 Å². The predicted octanol–water partition coefficient (Wildman–Crippen LogP) is 5.27. The van der Waals surface area contributed by atoms with Gasteiger partial charge < -0.3 is 5.32 Å². The number of nitrogens with zero attached hydrogens (tertiary/aromatic N) is 5. The van der Waals surface area contributed by atoms with Gasteiger partial charge in [-0.3, -0.25) is 4.79 Å². The van der Waals surface area contributed by atoms with Crippen molar-refractivity contribution in [2.45, 2.75) is 33.0 Å². The summed E-state index contributed by atoms with van der Waals surface area (Å²) >= 11 is 5.76. The first-order chi connectivity index (χ1) is 16.0. The highest BCUT2D eigenvalue weighted by Gasteiger charge is 2.32. The minimum absolute atomic E-state index is 0.215. The monoisotopic (exact) mass is 494 g/mol. The van der Waals surface area contributed by atoms with Gasteiger partial charge in [-0.25, -0.2) is 9.37 Å². The maximum Gasteiger partial charge on any atom is 0.416 e. The van der Waals surface area contributed by atoms with Crippen LogP contribution in [0.15, 0.2) is 59.0 Å². The lowest BCUT2D eigenvalue weighted by Crippen LogP contribution is -2.30. The van der Waals surface area contributed by atoms with Crippen molar-refractivity contribution in [3.63, 3.8) is 0 Å². The van der Waals surface area contributed by atoms with Crippen LogP contribution >= 0.6 is 11.6 Å². The third kappa shape index (κ3) is 6.04. The largest absolute Gasteiger partial charge is 0.416 e. The minimum atomic E-state index is -4.65. The lowest BCUT2D eigenvalue weighted by molar-refractivity contribution is -0.137. The molecule has 1 atom stereocenters. The average Bonchev–Trinajstić information content (AvgIpc) is 3.27. The lowest BCUT2D eigenvalue weighted by atomic mass is 10.1. The van der Waals surface area contributed by atoms with Gasteiger partial charge in [0, 0.05) is 10.6 Å². The molecule has 34 heavy (non-hydrogen) atoms. The Hall–Kier alpha value is -3.60. The van der Waals surface area contributed by atoms with Crippen LogP contribution in [0.4, 0.5) is 17.6 Å². The summed E-state index contributed by atoms with van der Waals surface area (Å²) in [6.07, 6.45) is -3.40. The molecule has 12 heteroatoms. The van der Waals surface area contributed by atoms with Gasteiger partial charge in [0.2, 0.25) is 0 Å². The van der Waals surface area contributed by atoms with E-state index in [0.717, 1.165) is 18.2 Å². The van der Waals surface area contributed by atoms with Crippen molar-refractivity contribution >= 4 is 29.1 Å². The molecule has 0 aliphatic rings. The van der Waals surface area contributed by atoms with Crippen LogP contribution in [0.2, 0.25) is 5.02 Å². The molecular weight excluding hydrogens is 476 g/mol. The van der Waals surface area contributed by atoms with Crippen LogP contribution in [-0.4, -0.2) is 32.2 Å². The number of hydrogen-bond donors (Lipinski definition) is 1. The van der Waals surface area contributed by atoms with E-state index in [4.69, 9.17) is 11.6 Å². The molecule has 1 aromatic heterocycles. The van der Waals surface area contributed by atoms with Crippen LogP contribution in [0.1, 0.15) is 54.1 Å². The normalized spacial score (nSPS) is 13.6. The second kappa shape index (κ2) is 10.1. The van der Waals surface area contributed by atoms with E-state index in [0.29, 0.717) is 17.1 Å². The zero-order valence-corrected chi connectivity index (χ0v) is 19.0. The van der Waals surface area contributed by atoms with Crippen molar-refractivity contribution in [1.82, 2.24) is 20.1 Å². The Morgan fingerprint density at radius 1 is 1.09 bits per heavy atom. The number of carbonyl (C=O) groups is 1. The maximum absolute atomic E-state index is 13.1. The highest BCUT2D eigenvalue weighted by molar-refractivity contribution is 6.31. The molecule has 0 bridgehead atoms. The number of halogens is 5. The van der Waals surface area contributed by atoms with Gasteiger partial charge in [0.05, 0.1) is 17.3 Å². The van der Waals surface area contributed by atoms with Crippen molar-refractivity contribution in [3.8, 4) is 0 Å². The SMILES string of the molecule is C/C(=N\N=C(/C)n1ncnc1C(C)NC(=O)c1cc(Cl)cc(C(F)(F)F)c1)c1ccc(F)cc1. The second-order valence-corrected chi connectivity index (χ2v) is 7.73. The Kier molecular flexibility index (Phi) is 7.45. The van der Waals surface area contributed by atoms with Gasteiger partial charge in [-0.2, -0.15) is 28.1 Å². The number of hydrogen-bond acceptors (Lipinski definition) is 5. The first-order valence-electron chi connectivity index (χ1n) is 9.89. The Morgan fingerprint density at radius 3 is 2.41 bits per heavy atom. The van der Waals surface area contributed by atoms with Gasteiger partial charge >= 0.3 is 6.18 Å². The van der Waals surface area contributed by atoms with Crippen molar-refractivity contribution in [2.75, 3.05) is 0 Å². The Morgan fingerprint density at radius 2 is 1.76 bits per heavy atom. The summed E-state index contributed by atoms with van der Waals surface area (Å²) in [6.45, 7) is 4.91. The third-order valence-electron chi connectivity index (χ3n) is 4.71. The first-order valence-corrected chi connectivity index (χ1v) is 10.3. The fraction of sp³-hybridized carbons (Fsp3) is 0.227.